The van der Waals surface area contributed by atoms with E-state index in [4.69, 9.17) is 0 Å². The van der Waals surface area contributed by atoms with E-state index in [1.54, 1.807) is 22.5 Å². The SMILES string of the molecule is Cc1ccc(S[C@H](C)C(=O)N2CCN(c3ccc4nccn4n3)CC2)cc1. The number of imidazole rings is 1. The Morgan fingerprint density at radius 1 is 1.07 bits per heavy atom. The number of anilines is 1. The quantitative estimate of drug-likeness (QED) is 0.651. The largest absolute Gasteiger partial charge is 0.352 e. The van der Waals surface area contributed by atoms with Crippen LogP contribution in [0, 0.1) is 6.92 Å². The summed E-state index contributed by atoms with van der Waals surface area (Å²) in [6.07, 6.45) is 3.60. The van der Waals surface area contributed by atoms with Gasteiger partial charge in [0, 0.05) is 43.5 Å². The van der Waals surface area contributed by atoms with Crippen molar-refractivity contribution >= 4 is 29.1 Å². The summed E-state index contributed by atoms with van der Waals surface area (Å²) in [4.78, 5) is 22.4. The van der Waals surface area contributed by atoms with Crippen LogP contribution in [0.1, 0.15) is 12.5 Å². The number of carbonyl (C=O) groups is 1. The molecule has 0 bridgehead atoms. The molecule has 4 rings (SSSR count). The highest BCUT2D eigenvalue weighted by Crippen LogP contribution is 2.25. The molecule has 1 aromatic carbocycles. The fourth-order valence-electron chi connectivity index (χ4n) is 3.26. The first-order valence-corrected chi connectivity index (χ1v) is 10.1. The normalized spacial score (nSPS) is 15.9. The van der Waals surface area contributed by atoms with E-state index in [0.29, 0.717) is 0 Å². The Kier molecular flexibility index (Phi) is 5.03. The molecular formula is C20H23N5OS. The predicted molar refractivity (Wildman–Crippen MR) is 108 cm³/mol. The maximum absolute atomic E-state index is 12.8. The number of rotatable bonds is 4. The van der Waals surface area contributed by atoms with E-state index < -0.39 is 0 Å². The summed E-state index contributed by atoms with van der Waals surface area (Å²) >= 11 is 1.63. The maximum atomic E-state index is 12.8. The smallest absolute Gasteiger partial charge is 0.235 e. The molecule has 3 aromatic rings. The minimum atomic E-state index is -0.0836. The molecule has 1 saturated heterocycles. The van der Waals surface area contributed by atoms with E-state index in [-0.39, 0.29) is 11.2 Å². The molecule has 1 amide bonds. The molecule has 1 aliphatic rings. The number of aromatic nitrogens is 3. The van der Waals surface area contributed by atoms with Crippen LogP contribution in [0.3, 0.4) is 0 Å². The average Bonchev–Trinajstić information content (AvgIpc) is 3.17. The Balaban J connectivity index is 1.35. The molecule has 7 heteroatoms. The zero-order valence-corrected chi connectivity index (χ0v) is 16.4. The Hall–Kier alpha value is -2.54. The zero-order chi connectivity index (χ0) is 18.8. The molecule has 27 heavy (non-hydrogen) atoms. The molecule has 1 fully saturated rings. The van der Waals surface area contributed by atoms with Gasteiger partial charge in [-0.1, -0.05) is 17.7 Å². The number of carbonyl (C=O) groups excluding carboxylic acids is 1. The van der Waals surface area contributed by atoms with Crippen LogP contribution in [-0.4, -0.2) is 56.8 Å². The van der Waals surface area contributed by atoms with Crippen molar-refractivity contribution in [2.45, 2.75) is 24.0 Å². The van der Waals surface area contributed by atoms with Crippen molar-refractivity contribution in [1.82, 2.24) is 19.5 Å². The molecule has 0 unspecified atom stereocenters. The highest BCUT2D eigenvalue weighted by molar-refractivity contribution is 8.00. The monoisotopic (exact) mass is 381 g/mol. The summed E-state index contributed by atoms with van der Waals surface area (Å²) in [5, 5.41) is 4.52. The van der Waals surface area contributed by atoms with Crippen molar-refractivity contribution in [3.05, 3.63) is 54.4 Å². The van der Waals surface area contributed by atoms with Gasteiger partial charge in [-0.15, -0.1) is 16.9 Å². The lowest BCUT2D eigenvalue weighted by atomic mass is 10.2. The molecule has 0 N–H and O–H groups in total. The molecule has 0 spiro atoms. The number of piperazine rings is 1. The molecular weight excluding hydrogens is 358 g/mol. The van der Waals surface area contributed by atoms with Crippen LogP contribution in [0.15, 0.2) is 53.7 Å². The molecule has 2 aromatic heterocycles. The van der Waals surface area contributed by atoms with Crippen LogP contribution in [0.5, 0.6) is 0 Å². The predicted octanol–water partition coefficient (Wildman–Crippen LogP) is 2.87. The Morgan fingerprint density at radius 3 is 2.56 bits per heavy atom. The zero-order valence-electron chi connectivity index (χ0n) is 15.6. The number of fused-ring (bicyclic) bond motifs is 1. The summed E-state index contributed by atoms with van der Waals surface area (Å²) in [5.74, 6) is 1.13. The molecule has 1 aliphatic heterocycles. The standard InChI is InChI=1S/C20H23N5OS/c1-15-3-5-17(6-4-15)27-16(2)20(26)24-13-11-23(12-14-24)19-8-7-18-21-9-10-25(18)22-19/h3-10,16H,11-14H2,1-2H3/t16-/m1/s1. The maximum Gasteiger partial charge on any atom is 0.235 e. The third-order valence-corrected chi connectivity index (χ3v) is 5.94. The van der Waals surface area contributed by atoms with Gasteiger partial charge in [0.15, 0.2) is 5.65 Å². The second-order valence-corrected chi connectivity index (χ2v) is 8.22. The molecule has 0 radical (unpaired) electrons. The summed E-state index contributed by atoms with van der Waals surface area (Å²) in [7, 11) is 0. The Labute approximate surface area is 163 Å². The minimum absolute atomic E-state index is 0.0836. The summed E-state index contributed by atoms with van der Waals surface area (Å²) < 4.78 is 1.78. The van der Waals surface area contributed by atoms with Gasteiger partial charge in [-0.05, 0) is 38.1 Å². The van der Waals surface area contributed by atoms with Crippen molar-refractivity contribution in [3.63, 3.8) is 0 Å². The van der Waals surface area contributed by atoms with Gasteiger partial charge in [-0.3, -0.25) is 4.79 Å². The van der Waals surface area contributed by atoms with Crippen LogP contribution in [0.2, 0.25) is 0 Å². The van der Waals surface area contributed by atoms with Gasteiger partial charge in [0.05, 0.1) is 5.25 Å². The van der Waals surface area contributed by atoms with Gasteiger partial charge in [0.1, 0.15) is 5.82 Å². The fraction of sp³-hybridized carbons (Fsp3) is 0.350. The van der Waals surface area contributed by atoms with Crippen molar-refractivity contribution in [2.24, 2.45) is 0 Å². The van der Waals surface area contributed by atoms with E-state index in [9.17, 15) is 4.79 Å². The van der Waals surface area contributed by atoms with Crippen molar-refractivity contribution in [2.75, 3.05) is 31.1 Å². The molecule has 6 nitrogen and oxygen atoms in total. The van der Waals surface area contributed by atoms with Crippen molar-refractivity contribution in [3.8, 4) is 0 Å². The van der Waals surface area contributed by atoms with Crippen molar-refractivity contribution in [1.29, 1.82) is 0 Å². The fourth-order valence-corrected chi connectivity index (χ4v) is 4.21. The van der Waals surface area contributed by atoms with Crippen LogP contribution in [-0.2, 0) is 4.79 Å². The second-order valence-electron chi connectivity index (χ2n) is 6.81. The number of thioether (sulfide) groups is 1. The minimum Gasteiger partial charge on any atom is -0.352 e. The molecule has 3 heterocycles. The first-order chi connectivity index (χ1) is 13.1. The first kappa shape index (κ1) is 17.9. The van der Waals surface area contributed by atoms with Gasteiger partial charge < -0.3 is 9.80 Å². The number of hydrogen-bond acceptors (Lipinski definition) is 5. The molecule has 0 saturated carbocycles. The second kappa shape index (κ2) is 7.60. The van der Waals surface area contributed by atoms with E-state index in [2.05, 4.69) is 46.2 Å². The van der Waals surface area contributed by atoms with E-state index >= 15 is 0 Å². The molecule has 0 aliphatic carbocycles. The van der Waals surface area contributed by atoms with Gasteiger partial charge >= 0.3 is 0 Å². The highest BCUT2D eigenvalue weighted by atomic mass is 32.2. The van der Waals surface area contributed by atoms with Gasteiger partial charge in [-0.25, -0.2) is 9.50 Å². The van der Waals surface area contributed by atoms with Crippen LogP contribution in [0.4, 0.5) is 5.82 Å². The molecule has 140 valence electrons. The highest BCUT2D eigenvalue weighted by Gasteiger charge is 2.26. The number of amides is 1. The Morgan fingerprint density at radius 2 is 1.81 bits per heavy atom. The van der Waals surface area contributed by atoms with Gasteiger partial charge in [0.2, 0.25) is 5.91 Å². The number of nitrogens with zero attached hydrogens (tertiary/aromatic N) is 5. The third kappa shape index (κ3) is 3.93. The van der Waals surface area contributed by atoms with E-state index in [0.717, 1.165) is 42.5 Å². The number of benzene rings is 1. The van der Waals surface area contributed by atoms with Crippen LogP contribution >= 0.6 is 11.8 Å². The third-order valence-electron chi connectivity index (χ3n) is 4.84. The first-order valence-electron chi connectivity index (χ1n) is 9.17. The van der Waals surface area contributed by atoms with Crippen molar-refractivity contribution < 1.29 is 4.79 Å². The lowest BCUT2D eigenvalue weighted by Gasteiger charge is -2.36. The van der Waals surface area contributed by atoms with E-state index in [1.165, 1.54) is 5.56 Å². The van der Waals surface area contributed by atoms with E-state index in [1.807, 2.05) is 30.2 Å². The van der Waals surface area contributed by atoms with Crippen LogP contribution < -0.4 is 4.90 Å². The number of hydrogen-bond donors (Lipinski definition) is 0. The Bertz CT molecular complexity index is 931. The van der Waals surface area contributed by atoms with Gasteiger partial charge in [-0.2, -0.15) is 0 Å². The molecule has 1 atom stereocenters. The topological polar surface area (TPSA) is 53.7 Å². The summed E-state index contributed by atoms with van der Waals surface area (Å²) in [5.41, 5.74) is 2.08. The average molecular weight is 382 g/mol. The lowest BCUT2D eigenvalue weighted by molar-refractivity contribution is -0.130. The number of aryl methyl sites for hydroxylation is 1. The summed E-state index contributed by atoms with van der Waals surface area (Å²) in [6, 6.07) is 12.3. The summed E-state index contributed by atoms with van der Waals surface area (Å²) in [6.45, 7) is 7.10. The van der Waals surface area contributed by atoms with Crippen LogP contribution in [0.25, 0.3) is 5.65 Å². The van der Waals surface area contributed by atoms with Gasteiger partial charge in [0.25, 0.3) is 0 Å². The lowest BCUT2D eigenvalue weighted by Crippen LogP contribution is -2.51.